The highest BCUT2D eigenvalue weighted by atomic mass is 35.5. The molecule has 1 amide bonds. The molecule has 1 unspecified atom stereocenters. The average molecular weight is 348 g/mol. The van der Waals surface area contributed by atoms with Gasteiger partial charge in [-0.3, -0.25) is 9.48 Å². The van der Waals surface area contributed by atoms with Crippen LogP contribution >= 0.6 is 11.6 Å². The summed E-state index contributed by atoms with van der Waals surface area (Å²) in [5.74, 6) is 0.502. The van der Waals surface area contributed by atoms with Crippen molar-refractivity contribution in [1.29, 1.82) is 0 Å². The number of aromatic nitrogens is 2. The third-order valence-electron chi connectivity index (χ3n) is 4.16. The number of carbonyl (C=O) groups excluding carboxylic acids is 1. The van der Waals surface area contributed by atoms with E-state index in [1.54, 1.807) is 0 Å². The summed E-state index contributed by atoms with van der Waals surface area (Å²) in [5, 5.41) is 8.27. The largest absolute Gasteiger partial charge is 0.349 e. The Hall–Kier alpha value is -1.81. The van der Waals surface area contributed by atoms with Crippen LogP contribution in [0, 0.1) is 19.8 Å². The fourth-order valence-electron chi connectivity index (χ4n) is 2.87. The summed E-state index contributed by atoms with van der Waals surface area (Å²) in [7, 11) is 0. The molecule has 0 aliphatic heterocycles. The molecule has 1 aromatic heterocycles. The Balaban J connectivity index is 2.07. The van der Waals surface area contributed by atoms with Gasteiger partial charge in [0.1, 0.15) is 0 Å². The van der Waals surface area contributed by atoms with Crippen LogP contribution in [0.3, 0.4) is 0 Å². The van der Waals surface area contributed by atoms with Gasteiger partial charge < -0.3 is 5.32 Å². The van der Waals surface area contributed by atoms with E-state index in [-0.39, 0.29) is 11.9 Å². The highest BCUT2D eigenvalue weighted by molar-refractivity contribution is 6.31. The Morgan fingerprint density at radius 3 is 2.54 bits per heavy atom. The Morgan fingerprint density at radius 2 is 1.92 bits per heavy atom. The van der Waals surface area contributed by atoms with Gasteiger partial charge in [0.15, 0.2) is 0 Å². The number of nitrogens with one attached hydrogen (secondary N) is 1. The lowest BCUT2D eigenvalue weighted by Gasteiger charge is -2.16. The van der Waals surface area contributed by atoms with Gasteiger partial charge in [0, 0.05) is 22.8 Å². The van der Waals surface area contributed by atoms with E-state index in [2.05, 4.69) is 24.3 Å². The molecule has 0 fully saturated rings. The zero-order chi connectivity index (χ0) is 17.9. The first kappa shape index (κ1) is 18.5. The molecule has 24 heavy (non-hydrogen) atoms. The maximum atomic E-state index is 12.5. The minimum absolute atomic E-state index is 0.0160. The summed E-state index contributed by atoms with van der Waals surface area (Å²) in [5.41, 5.74) is 3.94. The second-order valence-electron chi connectivity index (χ2n) is 6.71. The summed E-state index contributed by atoms with van der Waals surface area (Å²) < 4.78 is 2.00. The molecule has 2 rings (SSSR count). The van der Waals surface area contributed by atoms with Crippen LogP contribution in [-0.4, -0.2) is 15.7 Å². The van der Waals surface area contributed by atoms with Crippen LogP contribution in [0.2, 0.25) is 5.02 Å². The number of benzene rings is 1. The van der Waals surface area contributed by atoms with E-state index in [9.17, 15) is 4.79 Å². The van der Waals surface area contributed by atoms with Crippen molar-refractivity contribution >= 4 is 17.5 Å². The number of nitrogens with zero attached hydrogens (tertiary/aromatic N) is 2. The molecule has 1 aromatic carbocycles. The van der Waals surface area contributed by atoms with Crippen LogP contribution in [0.1, 0.15) is 49.3 Å². The highest BCUT2D eigenvalue weighted by Crippen LogP contribution is 2.22. The Kier molecular flexibility index (Phi) is 6.05. The molecule has 0 saturated heterocycles. The van der Waals surface area contributed by atoms with Crippen LogP contribution in [0.15, 0.2) is 24.3 Å². The maximum Gasteiger partial charge on any atom is 0.225 e. The summed E-state index contributed by atoms with van der Waals surface area (Å²) in [6.07, 6.45) is 0.338. The van der Waals surface area contributed by atoms with Gasteiger partial charge in [0.25, 0.3) is 0 Å². The predicted octanol–water partition coefficient (Wildman–Crippen LogP) is 4.23. The SMILES string of the molecule is Cc1nn(CC(C)C)c(C)c1CC(=O)NC(C)c1ccccc1Cl. The molecule has 0 bridgehead atoms. The molecule has 0 spiro atoms. The van der Waals surface area contributed by atoms with Crippen molar-refractivity contribution in [2.75, 3.05) is 0 Å². The average Bonchev–Trinajstić information content (AvgIpc) is 2.74. The van der Waals surface area contributed by atoms with Gasteiger partial charge in [0.2, 0.25) is 5.91 Å². The second kappa shape index (κ2) is 7.84. The normalized spacial score (nSPS) is 12.5. The third-order valence-corrected chi connectivity index (χ3v) is 4.50. The van der Waals surface area contributed by atoms with Crippen LogP contribution in [0.25, 0.3) is 0 Å². The summed E-state index contributed by atoms with van der Waals surface area (Å²) >= 11 is 6.20. The van der Waals surface area contributed by atoms with Gasteiger partial charge >= 0.3 is 0 Å². The number of halogens is 1. The predicted molar refractivity (Wildman–Crippen MR) is 98.3 cm³/mol. The Morgan fingerprint density at radius 1 is 1.25 bits per heavy atom. The van der Waals surface area contributed by atoms with Crippen molar-refractivity contribution in [2.24, 2.45) is 5.92 Å². The summed E-state index contributed by atoms with van der Waals surface area (Å²) in [4.78, 5) is 12.5. The molecule has 5 heteroatoms. The third kappa shape index (κ3) is 4.38. The zero-order valence-corrected chi connectivity index (χ0v) is 15.8. The Labute approximate surface area is 149 Å². The van der Waals surface area contributed by atoms with Crippen molar-refractivity contribution < 1.29 is 4.79 Å². The van der Waals surface area contributed by atoms with Gasteiger partial charge in [-0.25, -0.2) is 0 Å². The molecule has 130 valence electrons. The highest BCUT2D eigenvalue weighted by Gasteiger charge is 2.18. The number of amides is 1. The molecular formula is C19H26ClN3O. The minimum Gasteiger partial charge on any atom is -0.349 e. The fourth-order valence-corrected chi connectivity index (χ4v) is 3.17. The van der Waals surface area contributed by atoms with E-state index in [1.807, 2.05) is 49.7 Å². The van der Waals surface area contributed by atoms with E-state index in [1.165, 1.54) is 0 Å². The lowest BCUT2D eigenvalue weighted by atomic mass is 10.1. The minimum atomic E-state index is -0.127. The van der Waals surface area contributed by atoms with E-state index in [0.717, 1.165) is 29.1 Å². The van der Waals surface area contributed by atoms with Crippen LogP contribution < -0.4 is 5.32 Å². The van der Waals surface area contributed by atoms with E-state index >= 15 is 0 Å². The molecule has 0 radical (unpaired) electrons. The molecular weight excluding hydrogens is 322 g/mol. The summed E-state index contributed by atoms with van der Waals surface area (Å²) in [6, 6.07) is 7.45. The molecule has 1 heterocycles. The Bertz CT molecular complexity index is 721. The van der Waals surface area contributed by atoms with Crippen LogP contribution in [-0.2, 0) is 17.8 Å². The van der Waals surface area contributed by atoms with Gasteiger partial charge in [-0.2, -0.15) is 5.10 Å². The van der Waals surface area contributed by atoms with Crippen molar-refractivity contribution in [3.63, 3.8) is 0 Å². The van der Waals surface area contributed by atoms with Crippen molar-refractivity contribution in [3.8, 4) is 0 Å². The first-order valence-corrected chi connectivity index (χ1v) is 8.74. The monoisotopic (exact) mass is 347 g/mol. The van der Waals surface area contributed by atoms with Gasteiger partial charge in [-0.15, -0.1) is 0 Å². The maximum absolute atomic E-state index is 12.5. The van der Waals surface area contributed by atoms with E-state index in [4.69, 9.17) is 11.6 Å². The van der Waals surface area contributed by atoms with E-state index < -0.39 is 0 Å². The van der Waals surface area contributed by atoms with Gasteiger partial charge in [0.05, 0.1) is 18.2 Å². The standard InChI is InChI=1S/C19H26ClN3O/c1-12(2)11-23-15(5)17(14(4)22-23)10-19(24)21-13(3)16-8-6-7-9-18(16)20/h6-9,12-13H,10-11H2,1-5H3,(H,21,24). The fraction of sp³-hybridized carbons (Fsp3) is 0.474. The van der Waals surface area contributed by atoms with Gasteiger partial charge in [-0.1, -0.05) is 43.6 Å². The molecule has 1 N–H and O–H groups in total. The first-order valence-electron chi connectivity index (χ1n) is 8.36. The molecule has 0 saturated carbocycles. The molecule has 1 atom stereocenters. The van der Waals surface area contributed by atoms with Crippen molar-refractivity contribution in [2.45, 2.75) is 53.6 Å². The molecule has 4 nitrogen and oxygen atoms in total. The summed E-state index contributed by atoms with van der Waals surface area (Å²) in [6.45, 7) is 11.1. The lowest BCUT2D eigenvalue weighted by molar-refractivity contribution is -0.121. The quantitative estimate of drug-likeness (QED) is 0.850. The van der Waals surface area contributed by atoms with Crippen LogP contribution in [0.5, 0.6) is 0 Å². The lowest BCUT2D eigenvalue weighted by Crippen LogP contribution is -2.28. The van der Waals surface area contributed by atoms with Crippen LogP contribution in [0.4, 0.5) is 0 Å². The van der Waals surface area contributed by atoms with E-state index in [0.29, 0.717) is 17.4 Å². The molecule has 0 aliphatic carbocycles. The first-order chi connectivity index (χ1) is 11.3. The van der Waals surface area contributed by atoms with Crippen molar-refractivity contribution in [3.05, 3.63) is 51.8 Å². The second-order valence-corrected chi connectivity index (χ2v) is 7.12. The molecule has 2 aromatic rings. The molecule has 0 aliphatic rings. The van der Waals surface area contributed by atoms with Crippen molar-refractivity contribution in [1.82, 2.24) is 15.1 Å². The topological polar surface area (TPSA) is 46.9 Å². The van der Waals surface area contributed by atoms with Gasteiger partial charge in [-0.05, 0) is 38.3 Å². The number of aryl methyl sites for hydroxylation is 1. The number of hydrogen-bond donors (Lipinski definition) is 1. The number of carbonyl (C=O) groups is 1. The smallest absolute Gasteiger partial charge is 0.225 e. The number of rotatable bonds is 6. The number of hydrogen-bond acceptors (Lipinski definition) is 2. The zero-order valence-electron chi connectivity index (χ0n) is 15.1.